The van der Waals surface area contributed by atoms with Crippen molar-refractivity contribution < 1.29 is 24.1 Å². The molecule has 0 spiro atoms. The molecule has 5 N–H and O–H groups in total. The minimum Gasteiger partial charge on any atom is -0.393 e. The third kappa shape index (κ3) is 2.16. The molecular formula is C10H14Cl2FN3O4. The summed E-state index contributed by atoms with van der Waals surface area (Å²) in [7, 11) is 0. The summed E-state index contributed by atoms with van der Waals surface area (Å²) >= 11 is 11.9. The number of nitrogens with two attached hydrogens (primary N) is 1. The Bertz CT molecular complexity index is 448. The number of rotatable bonds is 3. The van der Waals surface area contributed by atoms with Crippen molar-refractivity contribution in [1.29, 1.82) is 0 Å². The molecule has 2 rings (SSSR count). The number of carbonyl (C=O) groups excluding carboxylic acids is 1. The summed E-state index contributed by atoms with van der Waals surface area (Å²) in [5.74, 6) is -1.08. The minimum atomic E-state index is -1.79. The van der Waals surface area contributed by atoms with Gasteiger partial charge in [-0.05, 0) is 0 Å². The molecule has 0 aromatic heterocycles. The topological polar surface area (TPSA) is 108 Å². The van der Waals surface area contributed by atoms with E-state index in [4.69, 9.17) is 33.7 Å². The number of halogens is 3. The van der Waals surface area contributed by atoms with Gasteiger partial charge in [0, 0.05) is 6.20 Å². The fourth-order valence-corrected chi connectivity index (χ4v) is 2.79. The van der Waals surface area contributed by atoms with E-state index in [-0.39, 0.29) is 12.5 Å². The summed E-state index contributed by atoms with van der Waals surface area (Å²) < 4.78 is 18.8. The monoisotopic (exact) mass is 329 g/mol. The van der Waals surface area contributed by atoms with Gasteiger partial charge in [-0.25, -0.2) is 9.18 Å². The van der Waals surface area contributed by atoms with Gasteiger partial charge in [-0.15, -0.1) is 11.6 Å². The molecule has 1 fully saturated rings. The molecule has 0 saturated carbocycles. The van der Waals surface area contributed by atoms with E-state index in [1.807, 2.05) is 0 Å². The lowest BCUT2D eigenvalue weighted by Crippen LogP contribution is -2.63. The largest absolute Gasteiger partial charge is 0.393 e. The van der Waals surface area contributed by atoms with Crippen LogP contribution in [0.5, 0.6) is 0 Å². The molecule has 0 bridgehead atoms. The van der Waals surface area contributed by atoms with Gasteiger partial charge in [-0.3, -0.25) is 4.90 Å². The van der Waals surface area contributed by atoms with Gasteiger partial charge < -0.3 is 26.0 Å². The maximum atomic E-state index is 13.5. The van der Waals surface area contributed by atoms with E-state index in [0.717, 1.165) is 11.1 Å². The first-order valence-electron chi connectivity index (χ1n) is 5.71. The summed E-state index contributed by atoms with van der Waals surface area (Å²) in [5, 5.41) is 21.7. The minimum absolute atomic E-state index is 0.250. The van der Waals surface area contributed by atoms with Crippen molar-refractivity contribution in [3.05, 3.63) is 12.0 Å². The summed E-state index contributed by atoms with van der Waals surface area (Å²) in [6.07, 6.45) is -2.00. The zero-order valence-corrected chi connectivity index (χ0v) is 11.7. The number of amides is 2. The van der Waals surface area contributed by atoms with Gasteiger partial charge in [-0.2, -0.15) is 0 Å². The summed E-state index contributed by atoms with van der Waals surface area (Å²) in [5.41, 5.74) is 3.79. The van der Waals surface area contributed by atoms with E-state index in [2.05, 4.69) is 5.32 Å². The van der Waals surface area contributed by atoms with Crippen molar-refractivity contribution >= 4 is 29.2 Å². The quantitative estimate of drug-likeness (QED) is 0.408. The van der Waals surface area contributed by atoms with Crippen molar-refractivity contribution in [3.63, 3.8) is 0 Å². The molecule has 0 aromatic carbocycles. The Morgan fingerprint density at radius 1 is 1.70 bits per heavy atom. The average Bonchev–Trinajstić information content (AvgIpc) is 2.68. The van der Waals surface area contributed by atoms with Crippen LogP contribution in [0.15, 0.2) is 12.0 Å². The Labute approximate surface area is 124 Å². The molecule has 10 heteroatoms. The predicted octanol–water partition coefficient (Wildman–Crippen LogP) is -0.597. The van der Waals surface area contributed by atoms with Crippen LogP contribution in [0.3, 0.4) is 0 Å². The highest BCUT2D eigenvalue weighted by Gasteiger charge is 2.61. The molecule has 0 radical (unpaired) electrons. The number of carbonyl (C=O) groups is 1. The number of urea groups is 1. The Hall–Kier alpha value is -0.640. The van der Waals surface area contributed by atoms with Crippen LogP contribution in [0, 0.1) is 0 Å². The number of ether oxygens (including phenoxy) is 1. The van der Waals surface area contributed by atoms with Crippen LogP contribution in [0.4, 0.5) is 9.18 Å². The van der Waals surface area contributed by atoms with E-state index < -0.39 is 41.3 Å². The first-order valence-corrected chi connectivity index (χ1v) is 6.62. The molecule has 20 heavy (non-hydrogen) atoms. The van der Waals surface area contributed by atoms with E-state index in [0.29, 0.717) is 0 Å². The normalized spacial score (nSPS) is 41.6. The number of nitrogens with zero attached hydrogens (tertiary/aromatic N) is 1. The lowest BCUT2D eigenvalue weighted by atomic mass is 9.96. The van der Waals surface area contributed by atoms with E-state index >= 15 is 0 Å². The van der Waals surface area contributed by atoms with Crippen molar-refractivity contribution in [3.8, 4) is 0 Å². The highest BCUT2D eigenvalue weighted by molar-refractivity contribution is 6.26. The van der Waals surface area contributed by atoms with Crippen LogP contribution in [-0.4, -0.2) is 63.1 Å². The third-order valence-corrected chi connectivity index (χ3v) is 4.37. The summed E-state index contributed by atoms with van der Waals surface area (Å²) in [6.45, 7) is -0.942. The standard InChI is InChI=1S/C10H14Cl2FN3O4/c11-2-9(3-17)7(18)10(12,4-20-9)16-1-5(13)6(14)15-8(16)19/h1,6-7,17-18H,2-4,14H2,(H,15,19)/t6?,7-,9-,10+/m1/s1. The van der Waals surface area contributed by atoms with Crippen LogP contribution in [0.25, 0.3) is 0 Å². The second kappa shape index (κ2) is 5.28. The van der Waals surface area contributed by atoms with Gasteiger partial charge in [0.25, 0.3) is 0 Å². The zero-order chi connectivity index (χ0) is 15.1. The number of hydrogen-bond donors (Lipinski definition) is 4. The molecule has 114 valence electrons. The number of alkyl halides is 2. The molecule has 2 amide bonds. The van der Waals surface area contributed by atoms with Crippen molar-refractivity contribution in [2.24, 2.45) is 5.73 Å². The van der Waals surface area contributed by atoms with Crippen LogP contribution >= 0.6 is 23.2 Å². The van der Waals surface area contributed by atoms with Gasteiger partial charge in [0.2, 0.25) is 0 Å². The second-order valence-electron chi connectivity index (χ2n) is 4.68. The van der Waals surface area contributed by atoms with Crippen LogP contribution < -0.4 is 11.1 Å². The smallest absolute Gasteiger partial charge is 0.324 e. The van der Waals surface area contributed by atoms with Crippen LogP contribution in [0.1, 0.15) is 0 Å². The summed E-state index contributed by atoms with van der Waals surface area (Å²) in [4.78, 5) is 10.8. The molecule has 7 nitrogen and oxygen atoms in total. The summed E-state index contributed by atoms with van der Waals surface area (Å²) in [6, 6.07) is -0.792. The number of aliphatic hydroxyl groups excluding tert-OH is 2. The highest BCUT2D eigenvalue weighted by atomic mass is 35.5. The first kappa shape index (κ1) is 15.7. The molecular weight excluding hydrogens is 316 g/mol. The Morgan fingerprint density at radius 2 is 2.35 bits per heavy atom. The van der Waals surface area contributed by atoms with Gasteiger partial charge in [0.05, 0.1) is 19.1 Å². The zero-order valence-electron chi connectivity index (χ0n) is 10.2. The van der Waals surface area contributed by atoms with Crippen molar-refractivity contribution in [2.75, 3.05) is 19.1 Å². The van der Waals surface area contributed by atoms with Gasteiger partial charge in [0.1, 0.15) is 17.9 Å². The first-order chi connectivity index (χ1) is 9.30. The molecule has 1 saturated heterocycles. The molecule has 4 atom stereocenters. The lowest BCUT2D eigenvalue weighted by Gasteiger charge is -2.39. The SMILES string of the molecule is NC1NC(=O)N([C@@]2(Cl)CO[C@@](CO)(CCl)[C@H]2O)C=C1F. The molecule has 1 unspecified atom stereocenters. The molecule has 0 aromatic rings. The van der Waals surface area contributed by atoms with E-state index in [9.17, 15) is 19.4 Å². The van der Waals surface area contributed by atoms with E-state index in [1.54, 1.807) is 0 Å². The Balaban J connectivity index is 2.35. The number of nitrogens with one attached hydrogen (secondary N) is 1. The molecule has 0 aliphatic carbocycles. The maximum Gasteiger partial charge on any atom is 0.324 e. The number of hydrogen-bond acceptors (Lipinski definition) is 5. The van der Waals surface area contributed by atoms with Crippen molar-refractivity contribution in [1.82, 2.24) is 10.2 Å². The molecule has 2 heterocycles. The van der Waals surface area contributed by atoms with Gasteiger partial charge in [-0.1, -0.05) is 11.6 Å². The Kier molecular flexibility index (Phi) is 4.16. The average molecular weight is 330 g/mol. The highest BCUT2D eigenvalue weighted by Crippen LogP contribution is 2.42. The van der Waals surface area contributed by atoms with Crippen molar-refractivity contribution in [2.45, 2.75) is 22.9 Å². The third-order valence-electron chi connectivity index (χ3n) is 3.42. The van der Waals surface area contributed by atoms with Crippen LogP contribution in [0.2, 0.25) is 0 Å². The maximum absolute atomic E-state index is 13.5. The predicted molar refractivity (Wildman–Crippen MR) is 68.6 cm³/mol. The second-order valence-corrected chi connectivity index (χ2v) is 5.60. The fourth-order valence-electron chi connectivity index (χ4n) is 2.10. The molecule has 2 aliphatic heterocycles. The fraction of sp³-hybridized carbons (Fsp3) is 0.700. The van der Waals surface area contributed by atoms with Gasteiger partial charge in [0.15, 0.2) is 10.8 Å². The van der Waals surface area contributed by atoms with Gasteiger partial charge >= 0.3 is 6.03 Å². The lowest BCUT2D eigenvalue weighted by molar-refractivity contribution is -0.0771. The van der Waals surface area contributed by atoms with E-state index in [1.165, 1.54) is 0 Å². The molecule has 2 aliphatic rings. The number of aliphatic hydroxyl groups is 2. The Morgan fingerprint density at radius 3 is 2.85 bits per heavy atom. The van der Waals surface area contributed by atoms with Crippen LogP contribution in [-0.2, 0) is 4.74 Å².